The monoisotopic (exact) mass is 314 g/mol. The summed E-state index contributed by atoms with van der Waals surface area (Å²) in [5.74, 6) is 0.656. The van der Waals surface area contributed by atoms with Gasteiger partial charge in [-0.1, -0.05) is 6.07 Å². The Morgan fingerprint density at radius 2 is 2.22 bits per heavy atom. The topological polar surface area (TPSA) is 73.4 Å². The van der Waals surface area contributed by atoms with Crippen molar-refractivity contribution < 1.29 is 9.53 Å². The molecule has 6 nitrogen and oxygen atoms in total. The predicted octanol–water partition coefficient (Wildman–Crippen LogP) is 1.75. The van der Waals surface area contributed by atoms with Crippen LogP contribution in [0.3, 0.4) is 0 Å². The van der Waals surface area contributed by atoms with Gasteiger partial charge >= 0.3 is 0 Å². The molecule has 6 heteroatoms. The van der Waals surface area contributed by atoms with Crippen LogP contribution in [0.1, 0.15) is 28.9 Å². The first-order valence-corrected chi connectivity index (χ1v) is 7.84. The van der Waals surface area contributed by atoms with Crippen LogP contribution in [0.4, 0.5) is 0 Å². The number of carbonyl (C=O) groups excluding carboxylic acids is 1. The SMILES string of the molecule is COc1ccc(C)cc1-n1ccc(C(=O)N2CCC[C@H](N)C2)n1. The molecule has 1 aliphatic rings. The van der Waals surface area contributed by atoms with Crippen molar-refractivity contribution >= 4 is 5.91 Å². The minimum absolute atomic E-state index is 0.0617. The summed E-state index contributed by atoms with van der Waals surface area (Å²) >= 11 is 0. The Bertz CT molecular complexity index is 710. The fraction of sp³-hybridized carbons (Fsp3) is 0.412. The van der Waals surface area contributed by atoms with Crippen LogP contribution in [-0.2, 0) is 0 Å². The summed E-state index contributed by atoms with van der Waals surface area (Å²) in [4.78, 5) is 14.4. The highest BCUT2D eigenvalue weighted by Gasteiger charge is 2.24. The van der Waals surface area contributed by atoms with Crippen molar-refractivity contribution in [1.82, 2.24) is 14.7 Å². The number of aryl methyl sites for hydroxylation is 1. The number of carbonyl (C=O) groups is 1. The molecule has 23 heavy (non-hydrogen) atoms. The van der Waals surface area contributed by atoms with Crippen molar-refractivity contribution in [3.8, 4) is 11.4 Å². The van der Waals surface area contributed by atoms with Crippen molar-refractivity contribution in [3.05, 3.63) is 41.7 Å². The fourth-order valence-electron chi connectivity index (χ4n) is 2.91. The lowest BCUT2D eigenvalue weighted by molar-refractivity contribution is 0.0702. The van der Waals surface area contributed by atoms with E-state index in [9.17, 15) is 4.79 Å². The molecule has 1 aromatic heterocycles. The van der Waals surface area contributed by atoms with Gasteiger partial charge in [0.15, 0.2) is 5.69 Å². The molecule has 0 bridgehead atoms. The first-order chi connectivity index (χ1) is 11.1. The summed E-state index contributed by atoms with van der Waals surface area (Å²) in [7, 11) is 1.62. The van der Waals surface area contributed by atoms with Gasteiger partial charge in [0.25, 0.3) is 5.91 Å². The van der Waals surface area contributed by atoms with E-state index in [4.69, 9.17) is 10.5 Å². The largest absolute Gasteiger partial charge is 0.494 e. The molecular weight excluding hydrogens is 292 g/mol. The van der Waals surface area contributed by atoms with E-state index in [0.717, 1.165) is 36.4 Å². The molecule has 1 saturated heterocycles. The van der Waals surface area contributed by atoms with Gasteiger partial charge in [-0.2, -0.15) is 5.10 Å². The minimum Gasteiger partial charge on any atom is -0.494 e. The molecule has 0 radical (unpaired) electrons. The molecule has 122 valence electrons. The van der Waals surface area contributed by atoms with Crippen LogP contribution >= 0.6 is 0 Å². The van der Waals surface area contributed by atoms with Crippen LogP contribution in [0.2, 0.25) is 0 Å². The number of aromatic nitrogens is 2. The number of methoxy groups -OCH3 is 1. The van der Waals surface area contributed by atoms with Gasteiger partial charge in [0, 0.05) is 25.3 Å². The third-order valence-electron chi connectivity index (χ3n) is 4.13. The number of rotatable bonds is 3. The third-order valence-corrected chi connectivity index (χ3v) is 4.13. The maximum atomic E-state index is 12.6. The number of piperidine rings is 1. The number of ether oxygens (including phenoxy) is 1. The van der Waals surface area contributed by atoms with Crippen LogP contribution in [0, 0.1) is 6.92 Å². The van der Waals surface area contributed by atoms with Gasteiger partial charge in [-0.15, -0.1) is 0 Å². The lowest BCUT2D eigenvalue weighted by atomic mass is 10.1. The van der Waals surface area contributed by atoms with Crippen LogP contribution in [0.15, 0.2) is 30.5 Å². The normalized spacial score (nSPS) is 18.0. The van der Waals surface area contributed by atoms with Crippen molar-refractivity contribution in [2.24, 2.45) is 5.73 Å². The number of amides is 1. The fourth-order valence-corrected chi connectivity index (χ4v) is 2.91. The Morgan fingerprint density at radius 1 is 1.39 bits per heavy atom. The lowest BCUT2D eigenvalue weighted by Crippen LogP contribution is -2.45. The van der Waals surface area contributed by atoms with Crippen LogP contribution in [0.25, 0.3) is 5.69 Å². The Morgan fingerprint density at radius 3 is 2.96 bits per heavy atom. The first-order valence-electron chi connectivity index (χ1n) is 7.84. The zero-order valence-electron chi connectivity index (χ0n) is 13.5. The van der Waals surface area contributed by atoms with E-state index in [-0.39, 0.29) is 11.9 Å². The molecule has 0 saturated carbocycles. The number of hydrogen-bond donors (Lipinski definition) is 1. The van der Waals surface area contributed by atoms with Crippen LogP contribution in [0.5, 0.6) is 5.75 Å². The van der Waals surface area contributed by atoms with Crippen molar-refractivity contribution in [3.63, 3.8) is 0 Å². The van der Waals surface area contributed by atoms with E-state index in [0.29, 0.717) is 12.2 Å². The van der Waals surface area contributed by atoms with Crippen molar-refractivity contribution in [1.29, 1.82) is 0 Å². The smallest absolute Gasteiger partial charge is 0.274 e. The highest BCUT2D eigenvalue weighted by molar-refractivity contribution is 5.92. The van der Waals surface area contributed by atoms with E-state index < -0.39 is 0 Å². The minimum atomic E-state index is -0.0643. The third kappa shape index (κ3) is 3.22. The number of likely N-dealkylation sites (tertiary alicyclic amines) is 1. The second-order valence-electron chi connectivity index (χ2n) is 5.97. The van der Waals surface area contributed by atoms with Crippen LogP contribution in [-0.4, -0.2) is 46.8 Å². The molecule has 0 aliphatic carbocycles. The van der Waals surface area contributed by atoms with Gasteiger partial charge in [-0.25, -0.2) is 4.68 Å². The molecule has 0 unspecified atom stereocenters. The molecule has 1 aromatic carbocycles. The number of hydrogen-bond acceptors (Lipinski definition) is 4. The standard InChI is InChI=1S/C17H22N4O2/c1-12-5-6-16(23-2)15(10-12)21-9-7-14(19-21)17(22)20-8-3-4-13(18)11-20/h5-7,9-10,13H,3-4,8,11,18H2,1-2H3/t13-/m0/s1. The van der Waals surface area contributed by atoms with Gasteiger partial charge in [0.1, 0.15) is 11.4 Å². The quantitative estimate of drug-likeness (QED) is 0.937. The summed E-state index contributed by atoms with van der Waals surface area (Å²) in [6.07, 6.45) is 3.70. The zero-order chi connectivity index (χ0) is 16.4. The van der Waals surface area contributed by atoms with Crippen molar-refractivity contribution in [2.75, 3.05) is 20.2 Å². The van der Waals surface area contributed by atoms with Gasteiger partial charge in [-0.3, -0.25) is 4.79 Å². The second-order valence-corrected chi connectivity index (χ2v) is 5.97. The molecular formula is C17H22N4O2. The summed E-state index contributed by atoms with van der Waals surface area (Å²) in [6.45, 7) is 3.35. The number of nitrogens with two attached hydrogens (primary N) is 1. The summed E-state index contributed by atoms with van der Waals surface area (Å²) < 4.78 is 7.07. The second kappa shape index (κ2) is 6.42. The Kier molecular flexibility index (Phi) is 4.34. The zero-order valence-corrected chi connectivity index (χ0v) is 13.5. The number of benzene rings is 1. The molecule has 1 atom stereocenters. The molecule has 1 fully saturated rings. The number of nitrogens with zero attached hydrogens (tertiary/aromatic N) is 3. The van der Waals surface area contributed by atoms with Gasteiger partial charge < -0.3 is 15.4 Å². The summed E-state index contributed by atoms with van der Waals surface area (Å²) in [5, 5.41) is 4.44. The lowest BCUT2D eigenvalue weighted by Gasteiger charge is -2.30. The van der Waals surface area contributed by atoms with Gasteiger partial charge in [0.05, 0.1) is 7.11 Å². The molecule has 3 rings (SSSR count). The van der Waals surface area contributed by atoms with E-state index in [1.807, 2.05) is 25.1 Å². The maximum Gasteiger partial charge on any atom is 0.274 e. The first kappa shape index (κ1) is 15.6. The molecule has 2 aromatic rings. The van der Waals surface area contributed by atoms with Gasteiger partial charge in [-0.05, 0) is 43.5 Å². The Balaban J connectivity index is 1.86. The Hall–Kier alpha value is -2.34. The average molecular weight is 314 g/mol. The maximum absolute atomic E-state index is 12.6. The summed E-state index contributed by atoms with van der Waals surface area (Å²) in [5.41, 5.74) is 8.31. The van der Waals surface area contributed by atoms with Crippen LogP contribution < -0.4 is 10.5 Å². The van der Waals surface area contributed by atoms with E-state index in [1.165, 1.54) is 0 Å². The average Bonchev–Trinajstić information content (AvgIpc) is 3.04. The van der Waals surface area contributed by atoms with E-state index in [2.05, 4.69) is 5.10 Å². The highest BCUT2D eigenvalue weighted by atomic mass is 16.5. The van der Waals surface area contributed by atoms with E-state index in [1.54, 1.807) is 29.0 Å². The predicted molar refractivity (Wildman–Crippen MR) is 88.0 cm³/mol. The van der Waals surface area contributed by atoms with E-state index >= 15 is 0 Å². The van der Waals surface area contributed by atoms with Gasteiger partial charge in [0.2, 0.25) is 0 Å². The molecule has 1 aliphatic heterocycles. The molecule has 2 N–H and O–H groups in total. The highest BCUT2D eigenvalue weighted by Crippen LogP contribution is 2.23. The summed E-state index contributed by atoms with van der Waals surface area (Å²) in [6, 6.07) is 7.66. The molecule has 2 heterocycles. The molecule has 1 amide bonds. The Labute approximate surface area is 135 Å². The molecule has 0 spiro atoms. The van der Waals surface area contributed by atoms with Crippen molar-refractivity contribution in [2.45, 2.75) is 25.8 Å².